The van der Waals surface area contributed by atoms with Crippen LogP contribution in [0.15, 0.2) is 62.3 Å². The molecule has 1 aliphatic heterocycles. The summed E-state index contributed by atoms with van der Waals surface area (Å²) in [5.41, 5.74) is 6.66. The van der Waals surface area contributed by atoms with Gasteiger partial charge < -0.3 is 0 Å². The van der Waals surface area contributed by atoms with Crippen LogP contribution in [-0.4, -0.2) is 51.1 Å². The zero-order chi connectivity index (χ0) is 21.8. The van der Waals surface area contributed by atoms with Gasteiger partial charge in [-0.05, 0) is 0 Å². The number of Topliss-reactive ketones (excluding diaryl/α,β-unsaturated/α-hetero) is 2. The summed E-state index contributed by atoms with van der Waals surface area (Å²) in [6.07, 6.45) is 1.88. The van der Waals surface area contributed by atoms with Crippen LogP contribution in [0.1, 0.15) is 50.1 Å². The average Bonchev–Trinajstić information content (AvgIpc) is 3.54. The Kier molecular flexibility index (Phi) is 3.78. The summed E-state index contributed by atoms with van der Waals surface area (Å²) in [6, 6.07) is 17.5. The third-order valence-corrected chi connectivity index (χ3v) is 11.3. The second kappa shape index (κ2) is 6.34. The average molecular weight is 594 g/mol. The van der Waals surface area contributed by atoms with Gasteiger partial charge in [-0.1, -0.05) is 0 Å². The molecule has 2 aromatic carbocycles. The van der Waals surface area contributed by atoms with Crippen molar-refractivity contribution in [2.45, 2.75) is 19.3 Å². The van der Waals surface area contributed by atoms with Crippen LogP contribution in [-0.2, 0) is 5.41 Å². The molecular weight excluding hydrogens is 577 g/mol. The fraction of sp³-hybridized carbons (Fsp3) is 0.111. The summed E-state index contributed by atoms with van der Waals surface area (Å²) in [6.45, 7) is 4.58. The van der Waals surface area contributed by atoms with Crippen LogP contribution in [0.4, 0.5) is 0 Å². The molecule has 0 atom stereocenters. The van der Waals surface area contributed by atoms with E-state index in [1.54, 1.807) is 0 Å². The number of allylic oxidation sites excluding steroid dienone is 1. The molecule has 0 fully saturated rings. The molecule has 0 saturated heterocycles. The molecule has 0 radical (unpaired) electrons. The Labute approximate surface area is 200 Å². The van der Waals surface area contributed by atoms with Gasteiger partial charge in [0.05, 0.1) is 0 Å². The molecule has 0 unspecified atom stereocenters. The van der Waals surface area contributed by atoms with Crippen molar-refractivity contribution >= 4 is 74.4 Å². The van der Waals surface area contributed by atoms with E-state index in [9.17, 15) is 9.59 Å². The summed E-state index contributed by atoms with van der Waals surface area (Å²) in [4.78, 5) is 25.8. The van der Waals surface area contributed by atoms with E-state index in [1.807, 2.05) is 14.2 Å². The number of carbonyl (C=O) groups is 2. The van der Waals surface area contributed by atoms with Gasteiger partial charge in [-0.15, -0.1) is 0 Å². The Morgan fingerprint density at radius 3 is 2.41 bits per heavy atom. The molecular formula is C27H17NO2SeTe. The Morgan fingerprint density at radius 1 is 0.906 bits per heavy atom. The van der Waals surface area contributed by atoms with Gasteiger partial charge in [-0.3, -0.25) is 0 Å². The first-order chi connectivity index (χ1) is 15.5. The van der Waals surface area contributed by atoms with Gasteiger partial charge in [-0.2, -0.15) is 0 Å². The Balaban J connectivity index is 1.51. The van der Waals surface area contributed by atoms with Gasteiger partial charge in [-0.25, -0.2) is 0 Å². The van der Waals surface area contributed by atoms with Crippen molar-refractivity contribution in [2.24, 2.45) is 0 Å². The molecule has 0 bridgehead atoms. The molecule has 5 heteroatoms. The first kappa shape index (κ1) is 19.1. The van der Waals surface area contributed by atoms with Gasteiger partial charge in [0.1, 0.15) is 0 Å². The maximum atomic E-state index is 12.9. The number of aromatic nitrogens is 1. The minimum atomic E-state index is -0.457. The SMILES string of the molecule is CC1(C)c2cc(C=C3C(=O)c4c[te]cc4C3=O)[se]c2-n2c3ccccc3c3cccc1c32. The van der Waals surface area contributed by atoms with Crippen LogP contribution in [0.2, 0.25) is 0 Å². The van der Waals surface area contributed by atoms with Crippen molar-refractivity contribution < 1.29 is 9.59 Å². The Bertz CT molecular complexity index is 1660. The molecule has 154 valence electrons. The van der Waals surface area contributed by atoms with Gasteiger partial charge in [0, 0.05) is 0 Å². The van der Waals surface area contributed by atoms with Gasteiger partial charge in [0.15, 0.2) is 0 Å². The van der Waals surface area contributed by atoms with Crippen LogP contribution in [0, 0.1) is 0 Å². The fourth-order valence-corrected chi connectivity index (χ4v) is 10.3. The second-order valence-electron chi connectivity index (χ2n) is 8.96. The number of hydrogen-bond acceptors (Lipinski definition) is 2. The van der Waals surface area contributed by atoms with Gasteiger partial charge in [0.2, 0.25) is 0 Å². The number of rotatable bonds is 1. The Morgan fingerprint density at radius 2 is 1.62 bits per heavy atom. The predicted octanol–water partition coefficient (Wildman–Crippen LogP) is 5.00. The summed E-state index contributed by atoms with van der Waals surface area (Å²) in [5.74, 6) is -0.163. The number of fused-ring (bicyclic) bond motifs is 6. The first-order valence-corrected chi connectivity index (χ1v) is 14.9. The normalized spacial score (nSPS) is 16.1. The molecule has 0 amide bonds. The van der Waals surface area contributed by atoms with Crippen molar-refractivity contribution in [3.05, 3.63) is 89.0 Å². The van der Waals surface area contributed by atoms with Gasteiger partial charge >= 0.3 is 201 Å². The number of hydrogen-bond donors (Lipinski definition) is 0. The quantitative estimate of drug-likeness (QED) is 0.156. The van der Waals surface area contributed by atoms with Crippen molar-refractivity contribution in [1.29, 1.82) is 0 Å². The zero-order valence-electron chi connectivity index (χ0n) is 17.4. The first-order valence-electron chi connectivity index (χ1n) is 10.5. The maximum absolute atomic E-state index is 12.9. The van der Waals surface area contributed by atoms with Crippen LogP contribution < -0.4 is 0 Å². The number of carbonyl (C=O) groups excluding carboxylic acids is 2. The van der Waals surface area contributed by atoms with Crippen molar-refractivity contribution in [1.82, 2.24) is 4.57 Å². The summed E-state index contributed by atoms with van der Waals surface area (Å²) in [5, 5.41) is 2.56. The van der Waals surface area contributed by atoms with E-state index >= 15 is 0 Å². The number of para-hydroxylation sites is 2. The van der Waals surface area contributed by atoms with Gasteiger partial charge in [0.25, 0.3) is 0 Å². The van der Waals surface area contributed by atoms with E-state index in [0.717, 1.165) is 4.44 Å². The summed E-state index contributed by atoms with van der Waals surface area (Å²) < 4.78 is 8.86. The molecule has 3 nitrogen and oxygen atoms in total. The van der Waals surface area contributed by atoms with E-state index in [1.165, 1.54) is 37.5 Å². The van der Waals surface area contributed by atoms with Crippen LogP contribution in [0.25, 0.3) is 32.4 Å². The summed E-state index contributed by atoms with van der Waals surface area (Å²) >= 11 is -0.446. The molecule has 4 heterocycles. The molecule has 7 rings (SSSR count). The third-order valence-electron chi connectivity index (χ3n) is 6.90. The van der Waals surface area contributed by atoms with E-state index < -0.39 is 20.4 Å². The number of nitrogens with zero attached hydrogens (tertiary/aromatic N) is 1. The fourth-order valence-electron chi connectivity index (χ4n) is 5.28. The van der Waals surface area contributed by atoms with E-state index in [0.29, 0.717) is 16.7 Å². The third kappa shape index (κ3) is 2.28. The molecule has 0 N–H and O–H groups in total. The van der Waals surface area contributed by atoms with Crippen molar-refractivity contribution in [3.63, 3.8) is 0 Å². The molecule has 0 spiro atoms. The van der Waals surface area contributed by atoms with Crippen LogP contribution in [0.3, 0.4) is 0 Å². The predicted molar refractivity (Wildman–Crippen MR) is 130 cm³/mol. The standard InChI is InChI=1S/C27H17NO2SeTe/c1-27(2)20-8-5-7-16-15-6-3-4-9-22(15)28(23(16)20)26-21(27)11-14(31-26)10-17-24(29)18-12-32-13-19(18)25(17)30/h3-13H,1-2H3. The molecule has 5 aromatic rings. The molecule has 2 aliphatic rings. The van der Waals surface area contributed by atoms with E-state index in [4.69, 9.17) is 0 Å². The zero-order valence-corrected chi connectivity index (χ0v) is 21.5. The van der Waals surface area contributed by atoms with E-state index in [-0.39, 0.29) is 31.5 Å². The Hall–Kier alpha value is -2.41. The molecule has 0 saturated carbocycles. The van der Waals surface area contributed by atoms with E-state index in [2.05, 4.69) is 66.9 Å². The number of ketones is 2. The molecule has 3 aromatic heterocycles. The number of benzene rings is 2. The molecule has 1 aliphatic carbocycles. The summed E-state index contributed by atoms with van der Waals surface area (Å²) in [7, 11) is 0. The van der Waals surface area contributed by atoms with Crippen molar-refractivity contribution in [2.75, 3.05) is 0 Å². The van der Waals surface area contributed by atoms with Crippen molar-refractivity contribution in [3.8, 4) is 4.56 Å². The second-order valence-corrected chi connectivity index (χ2v) is 13.3. The van der Waals surface area contributed by atoms with Crippen LogP contribution in [0.5, 0.6) is 0 Å². The molecule has 32 heavy (non-hydrogen) atoms. The topological polar surface area (TPSA) is 39.1 Å². The van der Waals surface area contributed by atoms with Crippen LogP contribution >= 0.6 is 0 Å². The minimum absolute atomic E-state index is 0.0110. The monoisotopic (exact) mass is 597 g/mol.